The summed E-state index contributed by atoms with van der Waals surface area (Å²) in [5.41, 5.74) is -0.191. The molecule has 7 heteroatoms. The standard InChI is InChI=1S/C26H40N4O3/c1-19(2)11-12-27-25(32)22-17-30(21-9-5-6-10-21)18-23(24(22)31)26(33)29-15-13-28(14-16-29)20-7-3-4-8-20/h17-21H,3-16H2,1-2H3,(H,27,32). The van der Waals surface area contributed by atoms with Gasteiger partial charge in [0.2, 0.25) is 5.43 Å². The lowest BCUT2D eigenvalue weighted by atomic mass is 10.1. The fraction of sp³-hybridized carbons (Fsp3) is 0.731. The van der Waals surface area contributed by atoms with Crippen LogP contribution in [0.15, 0.2) is 17.2 Å². The predicted octanol–water partition coefficient (Wildman–Crippen LogP) is 3.44. The summed E-state index contributed by atoms with van der Waals surface area (Å²) in [6.45, 7) is 7.74. The average Bonchev–Trinajstić information content (AvgIpc) is 3.53. The summed E-state index contributed by atoms with van der Waals surface area (Å²) in [4.78, 5) is 44.0. The first-order valence-electron chi connectivity index (χ1n) is 13.0. The molecule has 0 unspecified atom stereocenters. The molecular weight excluding hydrogens is 416 g/mol. The number of carbonyl (C=O) groups excluding carboxylic acids is 2. The van der Waals surface area contributed by atoms with Gasteiger partial charge in [-0.2, -0.15) is 0 Å². The summed E-state index contributed by atoms with van der Waals surface area (Å²) < 4.78 is 1.97. The molecule has 1 aromatic heterocycles. The van der Waals surface area contributed by atoms with Gasteiger partial charge in [0.25, 0.3) is 11.8 Å². The zero-order valence-electron chi connectivity index (χ0n) is 20.4. The molecule has 0 aromatic carbocycles. The lowest BCUT2D eigenvalue weighted by Crippen LogP contribution is -2.52. The van der Waals surface area contributed by atoms with E-state index < -0.39 is 5.43 Å². The molecule has 33 heavy (non-hydrogen) atoms. The largest absolute Gasteiger partial charge is 0.352 e. The first kappa shape index (κ1) is 24.0. The molecule has 0 radical (unpaired) electrons. The molecule has 0 atom stereocenters. The Bertz CT molecular complexity index is 889. The van der Waals surface area contributed by atoms with Gasteiger partial charge in [-0.3, -0.25) is 19.3 Å². The van der Waals surface area contributed by atoms with Crippen LogP contribution in [0.4, 0.5) is 0 Å². The van der Waals surface area contributed by atoms with E-state index in [1.807, 2.05) is 9.47 Å². The summed E-state index contributed by atoms with van der Waals surface area (Å²) in [5.74, 6) is -0.126. The van der Waals surface area contributed by atoms with E-state index in [0.29, 0.717) is 31.6 Å². The lowest BCUT2D eigenvalue weighted by Gasteiger charge is -2.38. The van der Waals surface area contributed by atoms with Gasteiger partial charge in [-0.25, -0.2) is 0 Å². The summed E-state index contributed by atoms with van der Waals surface area (Å²) >= 11 is 0. The van der Waals surface area contributed by atoms with Crippen molar-refractivity contribution < 1.29 is 9.59 Å². The maximum absolute atomic E-state index is 13.5. The monoisotopic (exact) mass is 456 g/mol. The molecule has 1 aromatic rings. The minimum absolute atomic E-state index is 0.0982. The Labute approximate surface area is 197 Å². The van der Waals surface area contributed by atoms with Gasteiger partial charge in [0, 0.05) is 57.2 Å². The molecule has 0 bridgehead atoms. The average molecular weight is 457 g/mol. The number of rotatable bonds is 7. The molecular formula is C26H40N4O3. The Kier molecular flexibility index (Phi) is 7.89. The van der Waals surface area contributed by atoms with Gasteiger partial charge in [0.15, 0.2) is 0 Å². The van der Waals surface area contributed by atoms with Gasteiger partial charge in [-0.15, -0.1) is 0 Å². The van der Waals surface area contributed by atoms with Crippen molar-refractivity contribution in [2.45, 2.75) is 83.7 Å². The van der Waals surface area contributed by atoms with E-state index in [1.54, 1.807) is 12.4 Å². The minimum Gasteiger partial charge on any atom is -0.352 e. The summed E-state index contributed by atoms with van der Waals surface area (Å²) in [5, 5.41) is 2.89. The highest BCUT2D eigenvalue weighted by Gasteiger charge is 2.30. The Morgan fingerprint density at radius 2 is 1.48 bits per heavy atom. The quantitative estimate of drug-likeness (QED) is 0.682. The number of hydrogen-bond acceptors (Lipinski definition) is 4. The third-order valence-corrected chi connectivity index (χ3v) is 7.72. The number of piperazine rings is 1. The van der Waals surface area contributed by atoms with Gasteiger partial charge in [-0.05, 0) is 38.0 Å². The lowest BCUT2D eigenvalue weighted by molar-refractivity contribution is 0.0571. The second-order valence-corrected chi connectivity index (χ2v) is 10.5. The van der Waals surface area contributed by atoms with Crippen molar-refractivity contribution in [3.63, 3.8) is 0 Å². The highest BCUT2D eigenvalue weighted by molar-refractivity contribution is 5.99. The van der Waals surface area contributed by atoms with Crippen LogP contribution < -0.4 is 10.7 Å². The predicted molar refractivity (Wildman–Crippen MR) is 130 cm³/mol. The van der Waals surface area contributed by atoms with E-state index in [1.165, 1.54) is 25.7 Å². The number of carbonyl (C=O) groups is 2. The molecule has 1 saturated heterocycles. The fourth-order valence-corrected chi connectivity index (χ4v) is 5.62. The van der Waals surface area contributed by atoms with Crippen molar-refractivity contribution >= 4 is 11.8 Å². The molecule has 0 spiro atoms. The number of amides is 2. The van der Waals surface area contributed by atoms with Crippen LogP contribution in [0.2, 0.25) is 0 Å². The molecule has 3 aliphatic rings. The SMILES string of the molecule is CC(C)CCNC(=O)c1cn(C2CCCC2)cc(C(=O)N2CCN(C3CCCC3)CC2)c1=O. The first-order chi connectivity index (χ1) is 15.9. The van der Waals surface area contributed by atoms with Crippen LogP contribution in [0.3, 0.4) is 0 Å². The molecule has 4 rings (SSSR count). The molecule has 2 aliphatic carbocycles. The normalized spacial score (nSPS) is 20.6. The van der Waals surface area contributed by atoms with Crippen molar-refractivity contribution in [3.8, 4) is 0 Å². The molecule has 2 saturated carbocycles. The molecule has 7 nitrogen and oxygen atoms in total. The maximum atomic E-state index is 13.5. The van der Waals surface area contributed by atoms with Crippen molar-refractivity contribution in [2.75, 3.05) is 32.7 Å². The van der Waals surface area contributed by atoms with Gasteiger partial charge in [-0.1, -0.05) is 39.5 Å². The Morgan fingerprint density at radius 3 is 2.09 bits per heavy atom. The molecule has 2 amide bonds. The van der Waals surface area contributed by atoms with E-state index in [0.717, 1.165) is 45.2 Å². The van der Waals surface area contributed by atoms with Gasteiger partial charge in [0.1, 0.15) is 11.1 Å². The molecule has 1 N–H and O–H groups in total. The second-order valence-electron chi connectivity index (χ2n) is 10.5. The number of nitrogens with zero attached hydrogens (tertiary/aromatic N) is 3. The number of aromatic nitrogens is 1. The van der Waals surface area contributed by atoms with Gasteiger partial charge in [0.05, 0.1) is 0 Å². The Morgan fingerprint density at radius 1 is 0.909 bits per heavy atom. The summed E-state index contributed by atoms with van der Waals surface area (Å²) in [6, 6.07) is 0.901. The van der Waals surface area contributed by atoms with Crippen LogP contribution in [0.25, 0.3) is 0 Å². The topological polar surface area (TPSA) is 74.7 Å². The van der Waals surface area contributed by atoms with E-state index in [4.69, 9.17) is 0 Å². The Balaban J connectivity index is 1.53. The van der Waals surface area contributed by atoms with E-state index in [-0.39, 0.29) is 29.0 Å². The third kappa shape index (κ3) is 5.68. The highest BCUT2D eigenvalue weighted by atomic mass is 16.2. The van der Waals surface area contributed by atoms with Crippen molar-refractivity contribution in [1.29, 1.82) is 0 Å². The van der Waals surface area contributed by atoms with Gasteiger partial charge < -0.3 is 14.8 Å². The molecule has 182 valence electrons. The van der Waals surface area contributed by atoms with Crippen LogP contribution >= 0.6 is 0 Å². The van der Waals surface area contributed by atoms with Crippen LogP contribution in [-0.2, 0) is 0 Å². The van der Waals surface area contributed by atoms with Crippen molar-refractivity contribution in [2.24, 2.45) is 5.92 Å². The van der Waals surface area contributed by atoms with E-state index in [9.17, 15) is 14.4 Å². The molecule has 2 heterocycles. The van der Waals surface area contributed by atoms with Crippen molar-refractivity contribution in [1.82, 2.24) is 19.7 Å². The second kappa shape index (κ2) is 10.9. The number of nitrogens with one attached hydrogen (secondary N) is 1. The first-order valence-corrected chi connectivity index (χ1v) is 13.0. The third-order valence-electron chi connectivity index (χ3n) is 7.72. The minimum atomic E-state index is -0.436. The smallest absolute Gasteiger partial charge is 0.259 e. The maximum Gasteiger partial charge on any atom is 0.259 e. The zero-order valence-corrected chi connectivity index (χ0v) is 20.4. The molecule has 1 aliphatic heterocycles. The van der Waals surface area contributed by atoms with Crippen LogP contribution in [-0.4, -0.2) is 64.9 Å². The number of pyridine rings is 1. The van der Waals surface area contributed by atoms with Crippen LogP contribution in [0.5, 0.6) is 0 Å². The zero-order chi connectivity index (χ0) is 23.4. The van der Waals surface area contributed by atoms with Crippen molar-refractivity contribution in [3.05, 3.63) is 33.7 Å². The van der Waals surface area contributed by atoms with Crippen LogP contribution in [0, 0.1) is 5.92 Å². The highest BCUT2D eigenvalue weighted by Crippen LogP contribution is 2.29. The summed E-state index contributed by atoms with van der Waals surface area (Å²) in [6.07, 6.45) is 13.7. The fourth-order valence-electron chi connectivity index (χ4n) is 5.62. The van der Waals surface area contributed by atoms with Crippen LogP contribution in [0.1, 0.15) is 98.4 Å². The summed E-state index contributed by atoms with van der Waals surface area (Å²) in [7, 11) is 0. The van der Waals surface area contributed by atoms with Gasteiger partial charge >= 0.3 is 0 Å². The number of hydrogen-bond donors (Lipinski definition) is 1. The Hall–Kier alpha value is -2.15. The van der Waals surface area contributed by atoms with E-state index >= 15 is 0 Å². The molecule has 3 fully saturated rings. The van der Waals surface area contributed by atoms with E-state index in [2.05, 4.69) is 24.1 Å².